The van der Waals surface area contributed by atoms with Crippen LogP contribution in [0.3, 0.4) is 0 Å². The van der Waals surface area contributed by atoms with E-state index < -0.39 is 0 Å². The zero-order chi connectivity index (χ0) is 17.2. The fourth-order valence-electron chi connectivity index (χ4n) is 3.42. The molecule has 2 aliphatic heterocycles. The van der Waals surface area contributed by atoms with Crippen molar-refractivity contribution in [2.24, 2.45) is 0 Å². The fourth-order valence-corrected chi connectivity index (χ4v) is 3.42. The Morgan fingerprint density at radius 2 is 1.96 bits per heavy atom. The van der Waals surface area contributed by atoms with Crippen LogP contribution in [0, 0.1) is 0 Å². The molecule has 1 aromatic carbocycles. The molecular weight excluding hydrogens is 306 g/mol. The van der Waals surface area contributed by atoms with Gasteiger partial charge >= 0.3 is 6.03 Å². The Morgan fingerprint density at radius 1 is 1.25 bits per heavy atom. The first-order chi connectivity index (χ1) is 11.5. The minimum absolute atomic E-state index is 0.0123. The molecule has 0 aromatic heterocycles. The van der Waals surface area contributed by atoms with Crippen molar-refractivity contribution in [3.05, 3.63) is 24.3 Å². The summed E-state index contributed by atoms with van der Waals surface area (Å²) >= 11 is 0. The maximum absolute atomic E-state index is 12.5. The van der Waals surface area contributed by atoms with Gasteiger partial charge in [-0.2, -0.15) is 0 Å². The number of hydrogen-bond donors (Lipinski definition) is 1. The smallest absolute Gasteiger partial charge is 0.317 e. The van der Waals surface area contributed by atoms with Crippen LogP contribution in [-0.2, 0) is 4.74 Å². The molecule has 24 heavy (non-hydrogen) atoms. The third-order valence-electron chi connectivity index (χ3n) is 5.01. The summed E-state index contributed by atoms with van der Waals surface area (Å²) in [4.78, 5) is 16.7. The standard InChI is InChI=1S/C18H27N3O3/c1-18(2)16(8-13-24-18)19-17(22)21-11-9-20(10-12-21)14-6-4-5-7-15(14)23-3/h4-7,16H,8-13H2,1-3H3,(H,19,22). The molecule has 1 aromatic rings. The van der Waals surface area contributed by atoms with E-state index in [0.29, 0.717) is 19.7 Å². The number of anilines is 1. The van der Waals surface area contributed by atoms with Crippen LogP contribution in [0.4, 0.5) is 10.5 Å². The Kier molecular flexibility index (Phi) is 4.85. The Balaban J connectivity index is 1.56. The zero-order valence-electron chi connectivity index (χ0n) is 14.7. The van der Waals surface area contributed by atoms with Crippen LogP contribution >= 0.6 is 0 Å². The highest BCUT2D eigenvalue weighted by molar-refractivity contribution is 5.75. The fraction of sp³-hybridized carbons (Fsp3) is 0.611. The summed E-state index contributed by atoms with van der Waals surface area (Å²) in [6.45, 7) is 7.79. The van der Waals surface area contributed by atoms with E-state index in [2.05, 4.69) is 16.3 Å². The number of ether oxygens (including phenoxy) is 2. The van der Waals surface area contributed by atoms with Gasteiger partial charge < -0.3 is 24.6 Å². The summed E-state index contributed by atoms with van der Waals surface area (Å²) in [5, 5.41) is 3.13. The van der Waals surface area contributed by atoms with Crippen molar-refractivity contribution in [2.75, 3.05) is 44.8 Å². The molecule has 2 saturated heterocycles. The molecule has 2 amide bonds. The molecule has 1 unspecified atom stereocenters. The predicted molar refractivity (Wildman–Crippen MR) is 93.7 cm³/mol. The topological polar surface area (TPSA) is 54.0 Å². The molecular formula is C18H27N3O3. The van der Waals surface area contributed by atoms with E-state index >= 15 is 0 Å². The van der Waals surface area contributed by atoms with Gasteiger partial charge in [-0.1, -0.05) is 12.1 Å². The SMILES string of the molecule is COc1ccccc1N1CCN(C(=O)NC2CCOC2(C)C)CC1. The molecule has 3 rings (SSSR count). The largest absolute Gasteiger partial charge is 0.495 e. The quantitative estimate of drug-likeness (QED) is 0.920. The molecule has 0 spiro atoms. The number of para-hydroxylation sites is 2. The third-order valence-corrected chi connectivity index (χ3v) is 5.01. The van der Waals surface area contributed by atoms with Crippen molar-refractivity contribution in [3.63, 3.8) is 0 Å². The van der Waals surface area contributed by atoms with Gasteiger partial charge in [0.05, 0.1) is 24.4 Å². The van der Waals surface area contributed by atoms with Crippen molar-refractivity contribution in [1.29, 1.82) is 0 Å². The van der Waals surface area contributed by atoms with Crippen LogP contribution < -0.4 is 15.0 Å². The Labute approximate surface area is 143 Å². The normalized spacial score (nSPS) is 23.2. The number of nitrogens with one attached hydrogen (secondary N) is 1. The Morgan fingerprint density at radius 3 is 2.58 bits per heavy atom. The molecule has 132 valence electrons. The molecule has 6 heteroatoms. The van der Waals surface area contributed by atoms with Gasteiger partial charge in [-0.3, -0.25) is 0 Å². The number of hydrogen-bond acceptors (Lipinski definition) is 4. The molecule has 0 saturated carbocycles. The van der Waals surface area contributed by atoms with Gasteiger partial charge in [0.1, 0.15) is 5.75 Å². The predicted octanol–water partition coefficient (Wildman–Crippen LogP) is 2.09. The van der Waals surface area contributed by atoms with Crippen molar-refractivity contribution in [2.45, 2.75) is 31.9 Å². The van der Waals surface area contributed by atoms with E-state index in [-0.39, 0.29) is 17.7 Å². The number of piperazine rings is 1. The van der Waals surface area contributed by atoms with Crippen molar-refractivity contribution in [3.8, 4) is 5.75 Å². The number of nitrogens with zero attached hydrogens (tertiary/aromatic N) is 2. The minimum Gasteiger partial charge on any atom is -0.495 e. The van der Waals surface area contributed by atoms with E-state index in [1.807, 2.05) is 36.9 Å². The van der Waals surface area contributed by atoms with E-state index in [1.165, 1.54) is 0 Å². The van der Waals surface area contributed by atoms with Gasteiger partial charge in [0.25, 0.3) is 0 Å². The number of amides is 2. The molecule has 2 fully saturated rings. The maximum atomic E-state index is 12.5. The summed E-state index contributed by atoms with van der Waals surface area (Å²) in [5.41, 5.74) is 0.805. The Hall–Kier alpha value is -1.95. The van der Waals surface area contributed by atoms with Crippen molar-refractivity contribution in [1.82, 2.24) is 10.2 Å². The monoisotopic (exact) mass is 333 g/mol. The lowest BCUT2D eigenvalue weighted by atomic mass is 9.99. The van der Waals surface area contributed by atoms with Crippen LogP contribution in [0.2, 0.25) is 0 Å². The van der Waals surface area contributed by atoms with Crippen molar-refractivity contribution >= 4 is 11.7 Å². The number of carbonyl (C=O) groups excluding carboxylic acids is 1. The lowest BCUT2D eigenvalue weighted by Gasteiger charge is -2.37. The lowest BCUT2D eigenvalue weighted by Crippen LogP contribution is -2.56. The first-order valence-corrected chi connectivity index (χ1v) is 8.58. The number of urea groups is 1. The van der Waals surface area contributed by atoms with E-state index in [4.69, 9.17) is 9.47 Å². The minimum atomic E-state index is -0.283. The van der Waals surface area contributed by atoms with Crippen LogP contribution in [0.1, 0.15) is 20.3 Å². The summed E-state index contributed by atoms with van der Waals surface area (Å²) < 4.78 is 11.1. The summed E-state index contributed by atoms with van der Waals surface area (Å²) in [5.74, 6) is 0.875. The van der Waals surface area contributed by atoms with Gasteiger partial charge in [-0.15, -0.1) is 0 Å². The zero-order valence-corrected chi connectivity index (χ0v) is 14.7. The first-order valence-electron chi connectivity index (χ1n) is 8.58. The van der Waals surface area contributed by atoms with Gasteiger partial charge in [0.2, 0.25) is 0 Å². The second kappa shape index (κ2) is 6.89. The van der Waals surface area contributed by atoms with Crippen LogP contribution in [0.5, 0.6) is 5.75 Å². The second-order valence-corrected chi connectivity index (χ2v) is 6.89. The average molecular weight is 333 g/mol. The van der Waals surface area contributed by atoms with Crippen LogP contribution in [-0.4, -0.2) is 62.5 Å². The second-order valence-electron chi connectivity index (χ2n) is 6.89. The molecule has 6 nitrogen and oxygen atoms in total. The molecule has 1 atom stereocenters. The van der Waals surface area contributed by atoms with E-state index in [9.17, 15) is 4.79 Å². The van der Waals surface area contributed by atoms with Crippen molar-refractivity contribution < 1.29 is 14.3 Å². The summed E-state index contributed by atoms with van der Waals surface area (Å²) in [7, 11) is 1.69. The molecule has 0 bridgehead atoms. The van der Waals surface area contributed by atoms with E-state index in [1.54, 1.807) is 7.11 Å². The molecule has 0 aliphatic carbocycles. The van der Waals surface area contributed by atoms with Crippen LogP contribution in [0.15, 0.2) is 24.3 Å². The number of rotatable bonds is 3. The highest BCUT2D eigenvalue weighted by Gasteiger charge is 2.37. The molecule has 2 aliphatic rings. The molecule has 1 N–H and O–H groups in total. The average Bonchev–Trinajstić information content (AvgIpc) is 2.93. The Bertz CT molecular complexity index is 583. The third kappa shape index (κ3) is 3.43. The number of carbonyl (C=O) groups is 1. The summed E-state index contributed by atoms with van der Waals surface area (Å²) in [6.07, 6.45) is 0.875. The van der Waals surface area contributed by atoms with Gasteiger partial charge in [-0.25, -0.2) is 4.79 Å². The highest BCUT2D eigenvalue weighted by Crippen LogP contribution is 2.28. The number of benzene rings is 1. The molecule has 0 radical (unpaired) electrons. The molecule has 2 heterocycles. The van der Waals surface area contributed by atoms with E-state index in [0.717, 1.165) is 30.9 Å². The number of methoxy groups -OCH3 is 1. The first kappa shape index (κ1) is 16.9. The van der Waals surface area contributed by atoms with Gasteiger partial charge in [0.15, 0.2) is 0 Å². The lowest BCUT2D eigenvalue weighted by molar-refractivity contribution is 0.0225. The van der Waals surface area contributed by atoms with Gasteiger partial charge in [-0.05, 0) is 32.4 Å². The summed E-state index contributed by atoms with van der Waals surface area (Å²) in [6, 6.07) is 8.11. The van der Waals surface area contributed by atoms with Crippen LogP contribution in [0.25, 0.3) is 0 Å². The highest BCUT2D eigenvalue weighted by atomic mass is 16.5. The van der Waals surface area contributed by atoms with Gasteiger partial charge in [0, 0.05) is 32.8 Å². The maximum Gasteiger partial charge on any atom is 0.317 e.